The van der Waals surface area contributed by atoms with Gasteiger partial charge in [0.25, 0.3) is 5.79 Å². The van der Waals surface area contributed by atoms with Crippen molar-refractivity contribution in [3.8, 4) is 0 Å². The van der Waals surface area contributed by atoms with E-state index in [-0.39, 0.29) is 0 Å². The second kappa shape index (κ2) is 41.4. The maximum absolute atomic E-state index is 12.8. The van der Waals surface area contributed by atoms with Crippen LogP contribution in [0.1, 0.15) is 41.0 Å². The number of carbonyl (C=O) groups is 1. The van der Waals surface area contributed by atoms with E-state index in [2.05, 4.69) is 0 Å². The molecule has 49 nitrogen and oxygen atoms in total. The summed E-state index contributed by atoms with van der Waals surface area (Å²) in [6.07, 6.45) is -85.7. The zero-order valence-electron chi connectivity index (χ0n) is 63.9. The Morgan fingerprint density at radius 1 is 0.350 bits per heavy atom. The Balaban J connectivity index is 0.898. The molecule has 51 atom stereocenters. The molecule has 0 amide bonds. The van der Waals surface area contributed by atoms with E-state index in [9.17, 15) is 148 Å². The number of hydrogen-bond donors (Lipinski definition) is 29. The van der Waals surface area contributed by atoms with Gasteiger partial charge >= 0.3 is 5.97 Å². The Morgan fingerprint density at radius 2 is 0.675 bits per heavy atom. The minimum atomic E-state index is -2.95. The molecule has 0 spiro atoms. The molecule has 10 aliphatic rings. The summed E-state index contributed by atoms with van der Waals surface area (Å²) in [5, 5.41) is 309. The molecule has 0 saturated carbocycles. The van der Waals surface area contributed by atoms with E-state index in [1.165, 1.54) is 20.8 Å². The van der Waals surface area contributed by atoms with Gasteiger partial charge in [-0.1, -0.05) is 27.7 Å². The molecule has 0 aromatic carbocycles. The summed E-state index contributed by atoms with van der Waals surface area (Å²) < 4.78 is 114. The molecule has 682 valence electrons. The standard InChI is InChI=1S/C68H117NO48/c1-17-21(5)101-27(11-74)51(34(17)80)110-59-18(2)35(81)54(30(14-77)105-59)113-64-50(96)56(43(89)31(108-64)15-99-65-57(46(92)40(86)25(9-72)103-65)115-60-19(3)36(82)52(28(12-75)106-60)111-62-48(94)44(90)39(85)24(8-71)102-62)114-66-58(47(93)41(87)26(10-73)104-66)116-61-20(4)37(83)53(29(13-76)107-61)112-63-49(95)45(91)42(88)32(109-63)16-100-68(67(97)98)6-22(78)33(69)55(117-68)38(84)23(79)7-70/h17-66,70-96H,6-16,69H2,1-5H3,(H,97,98)/t17-,18+,19?,20+,21+,22-,23-,24?,25?,26-,27?,28+,29?,30?,31?,32?,33-,34?,35?,36?,37?,38-,39+,40-,41-,42+,43-,44+,45?,46?,47?,48?,49+,50-,51-,52-,53-,54-,55?,56?,57-,58?,59+,60+,61+,62?,63+,64+,65+,66-,68-/m1/s1. The third-order valence-corrected chi connectivity index (χ3v) is 23.7. The minimum Gasteiger partial charge on any atom is -0.477 e. The monoisotopic (exact) mass is 1720 g/mol. The minimum absolute atomic E-state index is 0.554. The molecule has 10 heterocycles. The van der Waals surface area contributed by atoms with Crippen molar-refractivity contribution in [2.45, 2.75) is 329 Å². The van der Waals surface area contributed by atoms with Gasteiger partial charge in [-0.2, -0.15) is 0 Å². The number of nitrogens with two attached hydrogens (primary N) is 1. The second-order valence-corrected chi connectivity index (χ2v) is 31.4. The van der Waals surface area contributed by atoms with Crippen molar-refractivity contribution in [2.24, 2.45) is 29.4 Å². The summed E-state index contributed by atoms with van der Waals surface area (Å²) in [6, 6.07) is -1.57. The third kappa shape index (κ3) is 20.2. The van der Waals surface area contributed by atoms with Gasteiger partial charge in [-0.05, 0) is 6.92 Å². The lowest BCUT2D eigenvalue weighted by Gasteiger charge is -2.51. The van der Waals surface area contributed by atoms with Crippen molar-refractivity contribution in [1.29, 1.82) is 0 Å². The smallest absolute Gasteiger partial charge is 0.364 e. The average molecular weight is 1720 g/mol. The number of aliphatic hydroxyl groups excluding tert-OH is 27. The first-order valence-electron chi connectivity index (χ1n) is 38.5. The lowest BCUT2D eigenvalue weighted by Crippen LogP contribution is -2.68. The summed E-state index contributed by atoms with van der Waals surface area (Å²) in [4.78, 5) is 12.8. The first-order chi connectivity index (χ1) is 55.3. The van der Waals surface area contributed by atoms with Crippen LogP contribution in [0, 0.1) is 23.7 Å². The maximum Gasteiger partial charge on any atom is 0.364 e. The zero-order chi connectivity index (χ0) is 86.2. The number of rotatable bonds is 31. The second-order valence-electron chi connectivity index (χ2n) is 31.4. The van der Waals surface area contributed by atoms with E-state index < -0.39 is 390 Å². The van der Waals surface area contributed by atoms with E-state index >= 15 is 0 Å². The number of carboxylic acid groups (broad SMARTS) is 1. The number of aliphatic hydroxyl groups is 27. The molecule has 0 aromatic rings. The SMILES string of the molecule is CC1C(O)[C@H](OC2OC(CO)[C@H](O)[C@H](O)C2O)[C@H](CO)O[C@H]1O[C@@H]1C(O)[C@H](O)C(CO)O[C@@H]1OCC1O[C@@H](O[C@@H]2C(CO)O[C@@H](O[C@@H]3C(CO)O[C@@H](C)[C@@H](C)C3O)[C@@H](C)C2O)[C@H](O)C(O[C@H]2O[C@H](CO)[C@@H](O)C(O)C2O[C@@H]2OC(CO)[C@@H](O[C@@H]3OC(CO[C@]4(C(=O)O)C[C@@H](O)[C@@H](N)C([C@H](O)[C@H](O)CO)O4)[C@H](O)C(O)[C@@H]3O)C(O)[C@@H]2C)[C@@H]1O. The molecule has 117 heavy (non-hydrogen) atoms. The van der Waals surface area contributed by atoms with Crippen molar-refractivity contribution in [2.75, 3.05) is 66.1 Å². The van der Waals surface area contributed by atoms with Crippen LogP contribution < -0.4 is 5.73 Å². The zero-order valence-corrected chi connectivity index (χ0v) is 63.9. The normalized spacial score (nSPS) is 52.1. The van der Waals surface area contributed by atoms with Crippen molar-refractivity contribution < 1.29 is 238 Å². The van der Waals surface area contributed by atoms with Crippen molar-refractivity contribution in [3.63, 3.8) is 0 Å². The maximum atomic E-state index is 12.8. The van der Waals surface area contributed by atoms with E-state index in [1.54, 1.807) is 13.8 Å². The fourth-order valence-electron chi connectivity index (χ4n) is 15.9. The van der Waals surface area contributed by atoms with E-state index in [1.807, 2.05) is 0 Å². The number of carboxylic acids is 1. The van der Waals surface area contributed by atoms with Crippen LogP contribution in [0.4, 0.5) is 0 Å². The predicted octanol–water partition coefficient (Wildman–Crippen LogP) is -17.5. The molecule has 10 fully saturated rings. The largest absolute Gasteiger partial charge is 0.477 e. The molecule has 10 aliphatic heterocycles. The number of ether oxygens (including phenoxy) is 19. The molecule has 49 heteroatoms. The Hall–Kier alpha value is -2.41. The molecule has 0 bridgehead atoms. The Morgan fingerprint density at radius 3 is 1.09 bits per heavy atom. The summed E-state index contributed by atoms with van der Waals surface area (Å²) in [5.41, 5.74) is 5.96. The molecule has 0 aromatic heterocycles. The molecular formula is C68H117NO48. The summed E-state index contributed by atoms with van der Waals surface area (Å²) in [7, 11) is 0. The van der Waals surface area contributed by atoms with Crippen molar-refractivity contribution in [3.05, 3.63) is 0 Å². The predicted molar refractivity (Wildman–Crippen MR) is 365 cm³/mol. The van der Waals surface area contributed by atoms with Gasteiger partial charge in [-0.3, -0.25) is 0 Å². The number of aliphatic carboxylic acids is 1. The van der Waals surface area contributed by atoms with Crippen LogP contribution >= 0.6 is 0 Å². The van der Waals surface area contributed by atoms with Gasteiger partial charge in [0, 0.05) is 30.1 Å². The Kier molecular flexibility index (Phi) is 34.2. The van der Waals surface area contributed by atoms with Crippen LogP contribution in [0.15, 0.2) is 0 Å². The fraction of sp³-hybridized carbons (Fsp3) is 0.985. The van der Waals surface area contributed by atoms with Gasteiger partial charge in [0.05, 0.1) is 109 Å². The van der Waals surface area contributed by atoms with Crippen LogP contribution in [0.2, 0.25) is 0 Å². The van der Waals surface area contributed by atoms with E-state index in [0.717, 1.165) is 0 Å². The van der Waals surface area contributed by atoms with Crippen molar-refractivity contribution >= 4 is 5.97 Å². The van der Waals surface area contributed by atoms with Gasteiger partial charge in [0.2, 0.25) is 0 Å². The van der Waals surface area contributed by atoms with Gasteiger partial charge in [-0.25, -0.2) is 4.79 Å². The highest BCUT2D eigenvalue weighted by atomic mass is 16.8. The highest BCUT2D eigenvalue weighted by Gasteiger charge is 2.62. The molecule has 10 saturated heterocycles. The highest BCUT2D eigenvalue weighted by molar-refractivity contribution is 5.76. The molecule has 0 radical (unpaired) electrons. The van der Waals surface area contributed by atoms with Crippen LogP contribution in [0.5, 0.6) is 0 Å². The van der Waals surface area contributed by atoms with Gasteiger partial charge in [0.1, 0.15) is 189 Å². The van der Waals surface area contributed by atoms with Crippen molar-refractivity contribution in [1.82, 2.24) is 0 Å². The topological polar surface area (TPSA) is 785 Å². The van der Waals surface area contributed by atoms with Crippen LogP contribution in [0.3, 0.4) is 0 Å². The average Bonchev–Trinajstić information content (AvgIpc) is 0.771. The summed E-state index contributed by atoms with van der Waals surface area (Å²) >= 11 is 0. The Labute approximate surface area is 666 Å². The third-order valence-electron chi connectivity index (χ3n) is 23.7. The summed E-state index contributed by atoms with van der Waals surface area (Å²) in [5.74, 6) is -9.45. The van der Waals surface area contributed by atoms with Gasteiger partial charge in [-0.15, -0.1) is 0 Å². The molecular weight excluding hydrogens is 1600 g/mol. The molecule has 20 unspecified atom stereocenters. The first kappa shape index (κ1) is 96.8. The highest BCUT2D eigenvalue weighted by Crippen LogP contribution is 2.43. The van der Waals surface area contributed by atoms with Gasteiger partial charge in [0.15, 0.2) is 50.3 Å². The van der Waals surface area contributed by atoms with Crippen LogP contribution in [-0.4, -0.2) is 503 Å². The number of hydrogen-bond acceptors (Lipinski definition) is 48. The quantitative estimate of drug-likeness (QED) is 0.0306. The fourth-order valence-corrected chi connectivity index (χ4v) is 15.9. The molecule has 0 aliphatic carbocycles. The summed E-state index contributed by atoms with van der Waals surface area (Å²) in [6.45, 7) is -2.69. The molecule has 10 rings (SSSR count). The first-order valence-corrected chi connectivity index (χ1v) is 38.5. The lowest BCUT2D eigenvalue weighted by atomic mass is 9.88. The van der Waals surface area contributed by atoms with Crippen LogP contribution in [0.25, 0.3) is 0 Å². The lowest BCUT2D eigenvalue weighted by molar-refractivity contribution is -0.402. The molecule has 30 N–H and O–H groups in total. The Bertz CT molecular complexity index is 3020. The van der Waals surface area contributed by atoms with E-state index in [4.69, 9.17) is 95.7 Å². The van der Waals surface area contributed by atoms with Gasteiger partial charge < -0.3 is 239 Å². The van der Waals surface area contributed by atoms with Crippen LogP contribution in [-0.2, 0) is 94.8 Å². The van der Waals surface area contributed by atoms with E-state index in [0.29, 0.717) is 0 Å².